The second-order valence-electron chi connectivity index (χ2n) is 11.0. The van der Waals surface area contributed by atoms with Crippen LogP contribution in [0.3, 0.4) is 0 Å². The van der Waals surface area contributed by atoms with E-state index in [0.717, 1.165) is 0 Å². The molecule has 0 spiro atoms. The first kappa shape index (κ1) is 28.7. The molecule has 2 atom stereocenters. The van der Waals surface area contributed by atoms with Gasteiger partial charge in [-0.25, -0.2) is 9.59 Å². The van der Waals surface area contributed by atoms with Gasteiger partial charge in [-0.2, -0.15) is 0 Å². The van der Waals surface area contributed by atoms with Crippen LogP contribution in [0.25, 0.3) is 11.0 Å². The van der Waals surface area contributed by atoms with Crippen LogP contribution in [0.4, 0.5) is 4.79 Å². The zero-order valence-electron chi connectivity index (χ0n) is 23.2. The lowest BCUT2D eigenvalue weighted by atomic mass is 9.74. The van der Waals surface area contributed by atoms with Crippen LogP contribution in [0, 0.1) is 5.92 Å². The van der Waals surface area contributed by atoms with Crippen LogP contribution in [-0.2, 0) is 14.3 Å². The van der Waals surface area contributed by atoms with Gasteiger partial charge in [0, 0.05) is 17.0 Å². The number of H-pyrrole nitrogens is 1. The monoisotopic (exact) mass is 586 g/mol. The number of carbonyl (C=O) groups is 3. The Morgan fingerprint density at radius 1 is 1.00 bits per heavy atom. The lowest BCUT2D eigenvalue weighted by Gasteiger charge is -2.35. The molecule has 2 heterocycles. The summed E-state index contributed by atoms with van der Waals surface area (Å²) >= 11 is 5.98. The van der Waals surface area contributed by atoms with Crippen molar-refractivity contribution in [2.45, 2.75) is 44.8 Å². The second-order valence-corrected chi connectivity index (χ2v) is 11.4. The quantitative estimate of drug-likeness (QED) is 0.272. The number of carbonyl (C=O) groups excluding carboxylic acids is 3. The highest BCUT2D eigenvalue weighted by Crippen LogP contribution is 2.48. The summed E-state index contributed by atoms with van der Waals surface area (Å²) in [7, 11) is 0. The molecule has 1 aromatic heterocycles. The molecule has 0 aliphatic carbocycles. The summed E-state index contributed by atoms with van der Waals surface area (Å²) in [4.78, 5) is 55.7. The fourth-order valence-corrected chi connectivity index (χ4v) is 5.67. The van der Waals surface area contributed by atoms with Crippen molar-refractivity contribution in [2.24, 2.45) is 11.7 Å². The number of imidazole rings is 1. The van der Waals surface area contributed by atoms with E-state index < -0.39 is 53.4 Å². The Morgan fingerprint density at radius 3 is 2.17 bits per heavy atom. The summed E-state index contributed by atoms with van der Waals surface area (Å²) in [5.74, 6) is -2.35. The summed E-state index contributed by atoms with van der Waals surface area (Å²) in [5, 5.41) is 2.53. The summed E-state index contributed by atoms with van der Waals surface area (Å²) in [6, 6.07) is 20.0. The number of nitrogens with zero attached hydrogens (tertiary/aromatic N) is 1. The van der Waals surface area contributed by atoms with Gasteiger partial charge in [-0.15, -0.1) is 0 Å². The largest absolute Gasteiger partial charge is 0.457 e. The number of hydrogen-bond acceptors (Lipinski definition) is 7. The molecule has 10 nitrogen and oxygen atoms in total. The van der Waals surface area contributed by atoms with Gasteiger partial charge in [0.1, 0.15) is 28.1 Å². The average molecular weight is 587 g/mol. The molecule has 1 aliphatic rings. The van der Waals surface area contributed by atoms with Gasteiger partial charge in [-0.3, -0.25) is 14.2 Å². The number of nitrogens with two attached hydrogens (primary N) is 1. The second kappa shape index (κ2) is 11.2. The van der Waals surface area contributed by atoms with Crippen molar-refractivity contribution in [1.29, 1.82) is 0 Å². The molecule has 2 amide bonds. The van der Waals surface area contributed by atoms with E-state index in [9.17, 15) is 19.2 Å². The Balaban J connectivity index is 1.70. The number of para-hydroxylation sites is 4. The maximum atomic E-state index is 14.7. The first-order chi connectivity index (χ1) is 19.9. The van der Waals surface area contributed by atoms with Crippen LogP contribution >= 0.6 is 12.2 Å². The maximum absolute atomic E-state index is 14.7. The molecule has 0 fully saturated rings. The number of aromatic amines is 1. The summed E-state index contributed by atoms with van der Waals surface area (Å²) in [5.41, 5.74) is 6.46. The number of ketones is 1. The molecule has 1 aliphatic heterocycles. The van der Waals surface area contributed by atoms with Crippen molar-refractivity contribution in [3.63, 3.8) is 0 Å². The lowest BCUT2D eigenvalue weighted by Crippen LogP contribution is -2.51. The maximum Gasteiger partial charge on any atom is 0.408 e. The van der Waals surface area contributed by atoms with Crippen LogP contribution in [0.5, 0.6) is 11.5 Å². The van der Waals surface area contributed by atoms with Crippen LogP contribution in [0.1, 0.15) is 44.2 Å². The Morgan fingerprint density at radius 2 is 1.57 bits per heavy atom. The third-order valence-electron chi connectivity index (χ3n) is 6.88. The third-order valence-corrected chi connectivity index (χ3v) is 7.32. The number of thiocarbonyl (C=S) groups is 1. The van der Waals surface area contributed by atoms with Crippen molar-refractivity contribution in [1.82, 2.24) is 14.9 Å². The SMILES string of the molecule is CC(C)(C)OC(=O)N[C@@H](CC(N)=O)C(=O)C(C(=S)n1c(=O)[nH]c2ccccc21)C1c2ccccc2Oc2ccccc21. The van der Waals surface area contributed by atoms with Crippen LogP contribution in [0.2, 0.25) is 0 Å². The van der Waals surface area contributed by atoms with Crippen molar-refractivity contribution in [2.75, 3.05) is 0 Å². The molecule has 0 bridgehead atoms. The van der Waals surface area contributed by atoms with Crippen LogP contribution < -0.4 is 21.5 Å². The number of alkyl carbamates (subject to hydrolysis) is 1. The predicted octanol–water partition coefficient (Wildman–Crippen LogP) is 4.40. The molecular weight excluding hydrogens is 556 g/mol. The van der Waals surface area contributed by atoms with E-state index in [2.05, 4.69) is 10.3 Å². The van der Waals surface area contributed by atoms with Gasteiger partial charge in [0.05, 0.1) is 23.4 Å². The van der Waals surface area contributed by atoms with E-state index in [0.29, 0.717) is 33.7 Å². The Kier molecular flexibility index (Phi) is 7.70. The molecule has 0 radical (unpaired) electrons. The number of aromatic nitrogens is 2. The summed E-state index contributed by atoms with van der Waals surface area (Å²) < 4.78 is 12.8. The number of Topliss-reactive ketones (excluding diaryl/α,β-unsaturated/α-hetero) is 1. The normalized spacial score (nSPS) is 14.2. The highest BCUT2D eigenvalue weighted by molar-refractivity contribution is 7.80. The van der Waals surface area contributed by atoms with Crippen LogP contribution in [-0.4, -0.2) is 44.0 Å². The predicted molar refractivity (Wildman–Crippen MR) is 161 cm³/mol. The number of primary amides is 1. The molecule has 0 saturated heterocycles. The van der Waals surface area contributed by atoms with E-state index in [1.165, 1.54) is 4.57 Å². The number of ether oxygens (including phenoxy) is 2. The molecular formula is C31H30N4O6S. The van der Waals surface area contributed by atoms with E-state index >= 15 is 0 Å². The highest BCUT2D eigenvalue weighted by Gasteiger charge is 2.44. The molecule has 216 valence electrons. The van der Waals surface area contributed by atoms with Gasteiger partial charge in [-0.05, 0) is 45.0 Å². The van der Waals surface area contributed by atoms with Gasteiger partial charge in [0.15, 0.2) is 5.78 Å². The molecule has 4 aromatic rings. The molecule has 11 heteroatoms. The zero-order valence-corrected chi connectivity index (χ0v) is 24.1. The Labute approximate surface area is 246 Å². The number of amides is 2. The van der Waals surface area contributed by atoms with E-state index in [1.54, 1.807) is 57.2 Å². The van der Waals surface area contributed by atoms with Crippen molar-refractivity contribution in [3.8, 4) is 11.5 Å². The minimum atomic E-state index is -1.40. The van der Waals surface area contributed by atoms with Gasteiger partial charge in [0.2, 0.25) is 5.91 Å². The standard InChI is InChI=1S/C31H30N4O6S/c1-31(2,3)41-30(39)34-20(16-24(32)36)27(37)26(28(42)35-21-13-7-6-12-19(21)33-29(35)38)25-17-10-4-8-14-22(17)40-23-15-9-5-11-18(23)25/h4-15,20,25-26H,16H2,1-3H3,(H2,32,36)(H,33,38)(H,34,39)/t20-,26?/m0/s1. The lowest BCUT2D eigenvalue weighted by molar-refractivity contribution is -0.127. The summed E-state index contributed by atoms with van der Waals surface area (Å²) in [6.07, 6.45) is -1.41. The van der Waals surface area contributed by atoms with E-state index in [-0.39, 0.29) is 4.99 Å². The molecule has 5 rings (SSSR count). The minimum Gasteiger partial charge on any atom is -0.457 e. The molecule has 4 N–H and O–H groups in total. The van der Waals surface area contributed by atoms with E-state index in [1.807, 2.05) is 36.4 Å². The summed E-state index contributed by atoms with van der Waals surface area (Å²) in [6.45, 7) is 5.03. The van der Waals surface area contributed by atoms with Crippen LogP contribution in [0.15, 0.2) is 77.6 Å². The topological polar surface area (TPSA) is 146 Å². The van der Waals surface area contributed by atoms with Gasteiger partial charge >= 0.3 is 11.8 Å². The fraction of sp³-hybridized carbons (Fsp3) is 0.258. The Bertz CT molecular complexity index is 1720. The first-order valence-corrected chi connectivity index (χ1v) is 13.8. The number of hydrogen-bond donors (Lipinski definition) is 3. The fourth-order valence-electron chi connectivity index (χ4n) is 5.24. The highest BCUT2D eigenvalue weighted by atomic mass is 32.1. The number of benzene rings is 3. The first-order valence-electron chi connectivity index (χ1n) is 13.4. The number of nitrogens with one attached hydrogen (secondary N) is 2. The third kappa shape index (κ3) is 5.68. The average Bonchev–Trinajstić information content (AvgIpc) is 3.26. The molecule has 1 unspecified atom stereocenters. The van der Waals surface area contributed by atoms with Crippen molar-refractivity contribution < 1.29 is 23.9 Å². The molecule has 42 heavy (non-hydrogen) atoms. The van der Waals surface area contributed by atoms with Crippen molar-refractivity contribution in [3.05, 3.63) is 94.4 Å². The molecule has 3 aromatic carbocycles. The van der Waals surface area contributed by atoms with Gasteiger partial charge < -0.3 is 25.5 Å². The Hall–Kier alpha value is -4.77. The van der Waals surface area contributed by atoms with Gasteiger partial charge in [-0.1, -0.05) is 60.7 Å². The van der Waals surface area contributed by atoms with E-state index in [4.69, 9.17) is 27.4 Å². The zero-order chi connectivity index (χ0) is 30.2. The minimum absolute atomic E-state index is 0.0144. The van der Waals surface area contributed by atoms with Gasteiger partial charge in [0.25, 0.3) is 0 Å². The number of rotatable bonds is 7. The number of fused-ring (bicyclic) bond motifs is 3. The smallest absolute Gasteiger partial charge is 0.408 e. The van der Waals surface area contributed by atoms with Crippen molar-refractivity contribution >= 4 is 46.0 Å². The molecule has 0 saturated carbocycles.